The molecule has 0 fully saturated rings. The molecule has 0 amide bonds. The van der Waals surface area contributed by atoms with Crippen molar-refractivity contribution in [3.63, 3.8) is 0 Å². The lowest BCUT2D eigenvalue weighted by Gasteiger charge is -2.05. The Balaban J connectivity index is 2.27. The van der Waals surface area contributed by atoms with Crippen LogP contribution in [0.3, 0.4) is 0 Å². The van der Waals surface area contributed by atoms with Crippen molar-refractivity contribution in [2.24, 2.45) is 0 Å². The Bertz CT molecular complexity index is 791. The lowest BCUT2D eigenvalue weighted by Crippen LogP contribution is -1.91. The molecule has 0 aliphatic heterocycles. The van der Waals surface area contributed by atoms with Crippen molar-refractivity contribution in [2.45, 2.75) is 6.92 Å². The van der Waals surface area contributed by atoms with Crippen molar-refractivity contribution < 1.29 is 8.91 Å². The molecule has 0 unspecified atom stereocenters. The minimum absolute atomic E-state index is 0.0409. The molecule has 0 atom stereocenters. The topological polar surface area (TPSA) is 52.0 Å². The molecule has 0 spiro atoms. The Morgan fingerprint density at radius 1 is 1.38 bits per heavy atom. The largest absolute Gasteiger partial charge is 0.367 e. The number of hydrogen-bond donors (Lipinski definition) is 1. The number of aryl methyl sites for hydroxylation is 1. The highest BCUT2D eigenvalue weighted by Crippen LogP contribution is 2.44. The van der Waals surface area contributed by atoms with E-state index in [1.807, 2.05) is 13.0 Å². The number of rotatable bonds is 2. The number of aromatic nitrogens is 1. The van der Waals surface area contributed by atoms with Crippen molar-refractivity contribution in [3.05, 3.63) is 44.5 Å². The average Bonchev–Trinajstić information content (AvgIpc) is 2.94. The Kier molecular flexibility index (Phi) is 3.77. The van der Waals surface area contributed by atoms with Gasteiger partial charge in [-0.2, -0.15) is 0 Å². The molecule has 0 saturated carbocycles. The number of hydrogen-bond acceptors (Lipinski definition) is 4. The quantitative estimate of drug-likeness (QED) is 0.630. The maximum Gasteiger partial charge on any atom is 0.230 e. The summed E-state index contributed by atoms with van der Waals surface area (Å²) in [6.45, 7) is 1.96. The molecule has 3 nitrogen and oxygen atoms in total. The van der Waals surface area contributed by atoms with E-state index in [-0.39, 0.29) is 16.5 Å². The van der Waals surface area contributed by atoms with Gasteiger partial charge in [0.05, 0.1) is 19.2 Å². The molecule has 2 heterocycles. The molecule has 0 aliphatic rings. The second kappa shape index (κ2) is 5.44. The summed E-state index contributed by atoms with van der Waals surface area (Å²) >= 11 is 11.1. The van der Waals surface area contributed by atoms with Crippen LogP contribution in [0.15, 0.2) is 32.6 Å². The van der Waals surface area contributed by atoms with Crippen LogP contribution in [-0.4, -0.2) is 5.16 Å². The molecule has 0 aliphatic carbocycles. The molecular weight excluding hydrogens is 379 g/mol. The summed E-state index contributed by atoms with van der Waals surface area (Å²) in [5.74, 6) is -0.426. The monoisotopic (exact) mass is 386 g/mol. The molecule has 0 bridgehead atoms. The summed E-state index contributed by atoms with van der Waals surface area (Å²) in [5, 5.41) is 4.23. The number of nitrogens with zero attached hydrogens (tertiary/aromatic N) is 1. The van der Waals surface area contributed by atoms with E-state index in [2.05, 4.69) is 21.1 Å². The van der Waals surface area contributed by atoms with Crippen molar-refractivity contribution in [3.8, 4) is 21.7 Å². The van der Waals surface area contributed by atoms with E-state index in [0.29, 0.717) is 11.3 Å². The third-order valence-electron chi connectivity index (χ3n) is 3.02. The highest BCUT2D eigenvalue weighted by atomic mass is 79.9. The van der Waals surface area contributed by atoms with Crippen molar-refractivity contribution in [1.29, 1.82) is 0 Å². The first-order chi connectivity index (χ1) is 9.99. The van der Waals surface area contributed by atoms with E-state index in [9.17, 15) is 4.39 Å². The van der Waals surface area contributed by atoms with Crippen LogP contribution in [0.25, 0.3) is 21.7 Å². The first kappa shape index (κ1) is 14.6. The van der Waals surface area contributed by atoms with Gasteiger partial charge >= 0.3 is 0 Å². The van der Waals surface area contributed by atoms with Crippen molar-refractivity contribution in [1.82, 2.24) is 5.16 Å². The fourth-order valence-electron chi connectivity index (χ4n) is 2.03. The number of thiophene rings is 1. The molecule has 0 saturated heterocycles. The van der Waals surface area contributed by atoms with Gasteiger partial charge in [0.1, 0.15) is 11.5 Å². The zero-order valence-electron chi connectivity index (χ0n) is 10.8. The van der Waals surface area contributed by atoms with E-state index < -0.39 is 5.82 Å². The Morgan fingerprint density at radius 2 is 2.14 bits per heavy atom. The van der Waals surface area contributed by atoms with E-state index in [0.717, 1.165) is 14.2 Å². The lowest BCUT2D eigenvalue weighted by atomic mass is 10.0. The molecule has 21 heavy (non-hydrogen) atoms. The van der Waals surface area contributed by atoms with Crippen LogP contribution in [0.5, 0.6) is 0 Å². The summed E-state index contributed by atoms with van der Waals surface area (Å²) in [6, 6.07) is 6.40. The molecular formula is C14H9BrClFN2OS. The van der Waals surface area contributed by atoms with Crippen LogP contribution in [0.2, 0.25) is 5.02 Å². The van der Waals surface area contributed by atoms with E-state index in [4.69, 9.17) is 21.9 Å². The Morgan fingerprint density at radius 3 is 2.76 bits per heavy atom. The number of nitrogens with two attached hydrogens (primary N) is 1. The third kappa shape index (κ3) is 2.47. The highest BCUT2D eigenvalue weighted by molar-refractivity contribution is 9.11. The van der Waals surface area contributed by atoms with E-state index in [1.54, 1.807) is 6.07 Å². The van der Waals surface area contributed by atoms with Crippen LogP contribution >= 0.6 is 38.9 Å². The fraction of sp³-hybridized carbons (Fsp3) is 0.0714. The maximum absolute atomic E-state index is 14.2. The zero-order chi connectivity index (χ0) is 15.1. The van der Waals surface area contributed by atoms with Crippen LogP contribution in [0.1, 0.15) is 5.56 Å². The molecule has 7 heteroatoms. The number of halogens is 3. The summed E-state index contributed by atoms with van der Waals surface area (Å²) in [4.78, 5) is 0.828. The van der Waals surface area contributed by atoms with E-state index in [1.165, 1.54) is 23.5 Å². The maximum atomic E-state index is 14.2. The number of nitrogen functional groups attached to an aromatic ring is 1. The average molecular weight is 388 g/mol. The SMILES string of the molecule is Cc1cc(-c2noc(N)c2-c2c(F)cccc2Cl)sc1Br. The molecule has 3 aromatic rings. The summed E-state index contributed by atoms with van der Waals surface area (Å²) in [7, 11) is 0. The fourth-order valence-corrected chi connectivity index (χ4v) is 3.81. The Hall–Kier alpha value is -1.37. The van der Waals surface area contributed by atoms with Gasteiger partial charge in [-0.25, -0.2) is 4.39 Å². The summed E-state index contributed by atoms with van der Waals surface area (Å²) in [5.41, 5.74) is 7.96. The van der Waals surface area contributed by atoms with Gasteiger partial charge in [0.15, 0.2) is 0 Å². The third-order valence-corrected chi connectivity index (χ3v) is 5.48. The molecule has 2 N–H and O–H groups in total. The van der Waals surface area contributed by atoms with Gasteiger partial charge in [0.25, 0.3) is 0 Å². The predicted molar refractivity (Wildman–Crippen MR) is 87.1 cm³/mol. The minimum atomic E-state index is -0.467. The van der Waals surface area contributed by atoms with Crippen molar-refractivity contribution >= 4 is 44.8 Å². The van der Waals surface area contributed by atoms with Gasteiger partial charge in [-0.05, 0) is 46.6 Å². The summed E-state index contributed by atoms with van der Waals surface area (Å²) in [6.07, 6.45) is 0. The van der Waals surface area contributed by atoms with Gasteiger partial charge in [0.2, 0.25) is 5.88 Å². The lowest BCUT2D eigenvalue weighted by molar-refractivity contribution is 0.439. The molecule has 1 aromatic carbocycles. The molecule has 2 aromatic heterocycles. The van der Waals surface area contributed by atoms with Crippen LogP contribution in [0, 0.1) is 12.7 Å². The predicted octanol–water partition coefficient (Wildman–Crippen LogP) is 5.52. The Labute approximate surface area is 137 Å². The van der Waals surface area contributed by atoms with Gasteiger partial charge < -0.3 is 10.3 Å². The van der Waals surface area contributed by atoms with Gasteiger partial charge in [0, 0.05) is 5.56 Å². The normalized spacial score (nSPS) is 11.0. The molecule has 3 rings (SSSR count). The van der Waals surface area contributed by atoms with Crippen molar-refractivity contribution in [2.75, 3.05) is 5.73 Å². The minimum Gasteiger partial charge on any atom is -0.367 e. The first-order valence-electron chi connectivity index (χ1n) is 5.95. The molecule has 0 radical (unpaired) electrons. The second-order valence-corrected chi connectivity index (χ2v) is 7.21. The highest BCUT2D eigenvalue weighted by Gasteiger charge is 2.24. The zero-order valence-corrected chi connectivity index (χ0v) is 13.9. The standard InChI is InChI=1S/C14H9BrClFN2OS/c1-6-5-9(21-13(6)15)12-11(14(18)20-19-12)10-7(16)3-2-4-8(10)17/h2-5H,18H2,1H3. The number of benzene rings is 1. The first-order valence-corrected chi connectivity index (χ1v) is 7.93. The molecule has 108 valence electrons. The van der Waals surface area contributed by atoms with Gasteiger partial charge in [-0.1, -0.05) is 22.8 Å². The van der Waals surface area contributed by atoms with Crippen LogP contribution in [-0.2, 0) is 0 Å². The van der Waals surface area contributed by atoms with Gasteiger partial charge in [-0.15, -0.1) is 11.3 Å². The van der Waals surface area contributed by atoms with Crippen LogP contribution in [0.4, 0.5) is 10.3 Å². The van der Waals surface area contributed by atoms with E-state index >= 15 is 0 Å². The van der Waals surface area contributed by atoms with Crippen LogP contribution < -0.4 is 5.73 Å². The van der Waals surface area contributed by atoms with Gasteiger partial charge in [-0.3, -0.25) is 0 Å². The summed E-state index contributed by atoms with van der Waals surface area (Å²) < 4.78 is 20.2. The second-order valence-electron chi connectivity index (χ2n) is 4.43. The smallest absolute Gasteiger partial charge is 0.230 e. The number of anilines is 1.